The Hall–Kier alpha value is -1.60. The van der Waals surface area contributed by atoms with Crippen molar-refractivity contribution in [1.82, 2.24) is 15.5 Å². The summed E-state index contributed by atoms with van der Waals surface area (Å²) in [5.74, 6) is 0.304. The number of hydrogen-bond donors (Lipinski definition) is 2. The Kier molecular flexibility index (Phi) is 5.58. The fraction of sp³-hybridized carbons (Fsp3) is 0.357. The Bertz CT molecular complexity index is 597. The second-order valence-corrected chi connectivity index (χ2v) is 6.87. The Morgan fingerprint density at radius 2 is 2.10 bits per heavy atom. The molecule has 112 valence electrons. The molecule has 1 atom stereocenters. The van der Waals surface area contributed by atoms with E-state index < -0.39 is 0 Å². The molecule has 3 N–H and O–H groups in total. The second-order valence-electron chi connectivity index (χ2n) is 4.63. The lowest BCUT2D eigenvalue weighted by Crippen LogP contribution is -2.29. The van der Waals surface area contributed by atoms with Gasteiger partial charge in [0.15, 0.2) is 4.34 Å². The number of anilines is 1. The zero-order valence-electron chi connectivity index (χ0n) is 12.0. The van der Waals surface area contributed by atoms with E-state index in [9.17, 15) is 4.79 Å². The van der Waals surface area contributed by atoms with Crippen LogP contribution in [0.5, 0.6) is 0 Å². The highest BCUT2D eigenvalue weighted by molar-refractivity contribution is 8.01. The van der Waals surface area contributed by atoms with Gasteiger partial charge in [-0.1, -0.05) is 59.9 Å². The molecule has 0 bridgehead atoms. The molecule has 1 aromatic heterocycles. The third kappa shape index (κ3) is 4.71. The van der Waals surface area contributed by atoms with Crippen molar-refractivity contribution in [3.63, 3.8) is 0 Å². The zero-order valence-corrected chi connectivity index (χ0v) is 13.6. The van der Waals surface area contributed by atoms with E-state index in [1.165, 1.54) is 28.7 Å². The highest BCUT2D eigenvalue weighted by Gasteiger charge is 2.13. The first-order valence-corrected chi connectivity index (χ1v) is 8.46. The van der Waals surface area contributed by atoms with Crippen molar-refractivity contribution in [3.05, 3.63) is 35.4 Å². The molecule has 0 aliphatic rings. The fourth-order valence-electron chi connectivity index (χ4n) is 1.86. The average molecular weight is 322 g/mol. The van der Waals surface area contributed by atoms with Crippen LogP contribution in [0.15, 0.2) is 28.6 Å². The van der Waals surface area contributed by atoms with Gasteiger partial charge in [0.2, 0.25) is 11.0 Å². The summed E-state index contributed by atoms with van der Waals surface area (Å²) in [4.78, 5) is 12.0. The summed E-state index contributed by atoms with van der Waals surface area (Å²) in [6.45, 7) is 4.11. The number of nitrogen functional groups attached to an aromatic ring is 1. The third-order valence-electron chi connectivity index (χ3n) is 2.97. The van der Waals surface area contributed by atoms with Crippen molar-refractivity contribution in [2.45, 2.75) is 30.6 Å². The average Bonchev–Trinajstić information content (AvgIpc) is 2.89. The highest BCUT2D eigenvalue weighted by atomic mass is 32.2. The van der Waals surface area contributed by atoms with Crippen molar-refractivity contribution in [2.75, 3.05) is 11.5 Å². The van der Waals surface area contributed by atoms with Crippen LogP contribution in [0.1, 0.15) is 30.5 Å². The van der Waals surface area contributed by atoms with Crippen LogP contribution in [0, 0.1) is 6.92 Å². The molecule has 1 unspecified atom stereocenters. The van der Waals surface area contributed by atoms with Crippen molar-refractivity contribution in [2.24, 2.45) is 0 Å². The number of benzene rings is 1. The number of nitrogens with zero attached hydrogens (tertiary/aromatic N) is 2. The van der Waals surface area contributed by atoms with Gasteiger partial charge in [0.25, 0.3) is 0 Å². The molecule has 7 heteroatoms. The van der Waals surface area contributed by atoms with Gasteiger partial charge in [-0.15, -0.1) is 10.2 Å². The van der Waals surface area contributed by atoms with E-state index in [-0.39, 0.29) is 11.9 Å². The smallest absolute Gasteiger partial charge is 0.230 e. The topological polar surface area (TPSA) is 80.9 Å². The Balaban J connectivity index is 1.89. The summed E-state index contributed by atoms with van der Waals surface area (Å²) in [5.41, 5.74) is 7.85. The van der Waals surface area contributed by atoms with Crippen LogP contribution in [-0.2, 0) is 4.79 Å². The van der Waals surface area contributed by atoms with Crippen molar-refractivity contribution in [3.8, 4) is 0 Å². The van der Waals surface area contributed by atoms with Crippen LogP contribution in [0.25, 0.3) is 0 Å². The number of hydrogen-bond acceptors (Lipinski definition) is 6. The molecule has 21 heavy (non-hydrogen) atoms. The molecule has 2 rings (SSSR count). The van der Waals surface area contributed by atoms with Crippen molar-refractivity contribution in [1.29, 1.82) is 0 Å². The minimum absolute atomic E-state index is 0.0128. The zero-order chi connectivity index (χ0) is 15.2. The van der Waals surface area contributed by atoms with Gasteiger partial charge in [0.05, 0.1) is 11.8 Å². The molecule has 0 aliphatic carbocycles. The van der Waals surface area contributed by atoms with E-state index in [4.69, 9.17) is 5.73 Å². The van der Waals surface area contributed by atoms with Crippen molar-refractivity contribution >= 4 is 34.1 Å². The fourth-order valence-corrected chi connectivity index (χ4v) is 3.31. The third-order valence-corrected chi connectivity index (χ3v) is 4.86. The van der Waals surface area contributed by atoms with E-state index in [1.54, 1.807) is 0 Å². The van der Waals surface area contributed by atoms with Gasteiger partial charge < -0.3 is 11.1 Å². The lowest BCUT2D eigenvalue weighted by molar-refractivity contribution is -0.119. The molecule has 1 amide bonds. The second kappa shape index (κ2) is 7.42. The molecule has 5 nitrogen and oxygen atoms in total. The summed E-state index contributed by atoms with van der Waals surface area (Å²) in [5, 5.41) is 11.1. The van der Waals surface area contributed by atoms with Gasteiger partial charge in [-0.3, -0.25) is 4.79 Å². The first-order chi connectivity index (χ1) is 10.1. The summed E-state index contributed by atoms with van der Waals surface area (Å²) < 4.78 is 0.714. The normalized spacial score (nSPS) is 12.1. The van der Waals surface area contributed by atoms with Crippen LogP contribution >= 0.6 is 23.1 Å². The Morgan fingerprint density at radius 3 is 2.67 bits per heavy atom. The van der Waals surface area contributed by atoms with E-state index in [0.717, 1.165) is 12.0 Å². The molecule has 0 fully saturated rings. The van der Waals surface area contributed by atoms with E-state index >= 15 is 0 Å². The Labute approximate surface area is 132 Å². The predicted octanol–water partition coefficient (Wildman–Crippen LogP) is 2.79. The van der Waals surface area contributed by atoms with Crippen LogP contribution in [-0.4, -0.2) is 21.9 Å². The van der Waals surface area contributed by atoms with E-state index in [0.29, 0.717) is 15.2 Å². The SMILES string of the molecule is CCC(NC(=O)CSc1nnc(N)s1)c1ccc(C)cc1. The number of amides is 1. The number of thioether (sulfide) groups is 1. The molecular weight excluding hydrogens is 304 g/mol. The first-order valence-electron chi connectivity index (χ1n) is 6.66. The maximum atomic E-state index is 12.0. The lowest BCUT2D eigenvalue weighted by Gasteiger charge is -2.17. The molecule has 0 radical (unpaired) electrons. The maximum Gasteiger partial charge on any atom is 0.230 e. The van der Waals surface area contributed by atoms with Gasteiger partial charge in [-0.2, -0.15) is 0 Å². The van der Waals surface area contributed by atoms with Crippen LogP contribution in [0.3, 0.4) is 0 Å². The van der Waals surface area contributed by atoms with E-state index in [1.807, 2.05) is 6.92 Å². The Morgan fingerprint density at radius 1 is 1.38 bits per heavy atom. The minimum Gasteiger partial charge on any atom is -0.374 e. The number of aromatic nitrogens is 2. The van der Waals surface area contributed by atoms with Gasteiger partial charge in [0.1, 0.15) is 0 Å². The number of nitrogens with two attached hydrogens (primary N) is 1. The van der Waals surface area contributed by atoms with Crippen LogP contribution in [0.4, 0.5) is 5.13 Å². The minimum atomic E-state index is -0.0128. The predicted molar refractivity (Wildman–Crippen MR) is 87.4 cm³/mol. The summed E-state index contributed by atoms with van der Waals surface area (Å²) in [6, 6.07) is 8.27. The lowest BCUT2D eigenvalue weighted by atomic mass is 10.0. The summed E-state index contributed by atoms with van der Waals surface area (Å²) in [7, 11) is 0. The number of carbonyl (C=O) groups is 1. The molecule has 0 aliphatic heterocycles. The first kappa shape index (κ1) is 15.8. The quantitative estimate of drug-likeness (QED) is 0.799. The molecule has 0 spiro atoms. The molecule has 0 saturated heterocycles. The summed E-state index contributed by atoms with van der Waals surface area (Å²) >= 11 is 2.64. The molecular formula is C14H18N4OS2. The van der Waals surface area contributed by atoms with Crippen LogP contribution < -0.4 is 11.1 Å². The highest BCUT2D eigenvalue weighted by Crippen LogP contribution is 2.23. The number of nitrogens with one attached hydrogen (secondary N) is 1. The molecule has 1 aromatic carbocycles. The molecule has 2 aromatic rings. The number of rotatable bonds is 6. The van der Waals surface area contributed by atoms with Gasteiger partial charge in [-0.05, 0) is 18.9 Å². The monoisotopic (exact) mass is 322 g/mol. The van der Waals surface area contributed by atoms with E-state index in [2.05, 4.69) is 46.7 Å². The maximum absolute atomic E-state index is 12.0. The largest absolute Gasteiger partial charge is 0.374 e. The number of aryl methyl sites for hydroxylation is 1. The van der Waals surface area contributed by atoms with Gasteiger partial charge in [-0.25, -0.2) is 0 Å². The molecule has 0 saturated carbocycles. The number of carbonyl (C=O) groups excluding carboxylic acids is 1. The summed E-state index contributed by atoms with van der Waals surface area (Å²) in [6.07, 6.45) is 0.852. The van der Waals surface area contributed by atoms with Crippen LogP contribution in [0.2, 0.25) is 0 Å². The van der Waals surface area contributed by atoms with Crippen molar-refractivity contribution < 1.29 is 4.79 Å². The van der Waals surface area contributed by atoms with Gasteiger partial charge >= 0.3 is 0 Å². The molecule has 1 heterocycles. The standard InChI is InChI=1S/C14H18N4OS2/c1-3-11(10-6-4-9(2)5-7-10)16-12(19)8-20-14-18-17-13(15)21-14/h4-7,11H,3,8H2,1-2H3,(H2,15,17)(H,16,19). The van der Waals surface area contributed by atoms with Gasteiger partial charge in [0, 0.05) is 0 Å².